The minimum absolute atomic E-state index is 0.0324. The summed E-state index contributed by atoms with van der Waals surface area (Å²) in [6.45, 7) is 5.93. The zero-order valence-electron chi connectivity index (χ0n) is 11.4. The van der Waals surface area contributed by atoms with E-state index in [1.54, 1.807) is 7.11 Å². The molecule has 0 heterocycles. The first-order valence-corrected chi connectivity index (χ1v) is 6.24. The van der Waals surface area contributed by atoms with Crippen LogP contribution in [0.15, 0.2) is 24.3 Å². The molecule has 0 radical (unpaired) electrons. The van der Waals surface area contributed by atoms with Crippen molar-refractivity contribution in [2.75, 3.05) is 33.5 Å². The molecule has 0 fully saturated rings. The molecule has 0 aliphatic carbocycles. The Morgan fingerprint density at radius 1 is 1.28 bits per heavy atom. The van der Waals surface area contributed by atoms with E-state index in [2.05, 4.69) is 5.32 Å². The molecule has 0 aliphatic rings. The molecule has 1 aromatic carbocycles. The van der Waals surface area contributed by atoms with Gasteiger partial charge in [-0.2, -0.15) is 0 Å². The molecule has 1 rings (SSSR count). The predicted molar refractivity (Wildman–Crippen MR) is 71.9 cm³/mol. The first-order chi connectivity index (χ1) is 8.66. The number of methoxy groups -OCH3 is 1. The topological polar surface area (TPSA) is 50.7 Å². The van der Waals surface area contributed by atoms with E-state index in [-0.39, 0.29) is 6.61 Å². The number of hydrogen-bond donors (Lipinski definition) is 2. The minimum atomic E-state index is -0.455. The van der Waals surface area contributed by atoms with Crippen molar-refractivity contribution >= 4 is 0 Å². The van der Waals surface area contributed by atoms with Crippen LogP contribution in [0.2, 0.25) is 0 Å². The van der Waals surface area contributed by atoms with E-state index in [4.69, 9.17) is 9.47 Å². The third kappa shape index (κ3) is 3.98. The summed E-state index contributed by atoms with van der Waals surface area (Å²) >= 11 is 0. The summed E-state index contributed by atoms with van der Waals surface area (Å²) in [7, 11) is 1.66. The summed E-state index contributed by atoms with van der Waals surface area (Å²) in [6, 6.07) is 7.79. The molecule has 1 aromatic rings. The largest absolute Gasteiger partial charge is 0.494 e. The Kier molecular flexibility index (Phi) is 6.12. The zero-order valence-corrected chi connectivity index (χ0v) is 11.4. The van der Waals surface area contributed by atoms with Gasteiger partial charge in [0.15, 0.2) is 0 Å². The Morgan fingerprint density at radius 2 is 1.94 bits per heavy atom. The van der Waals surface area contributed by atoms with Gasteiger partial charge < -0.3 is 19.9 Å². The molecule has 2 N–H and O–H groups in total. The second kappa shape index (κ2) is 7.36. The van der Waals surface area contributed by atoms with E-state index in [9.17, 15) is 5.11 Å². The number of benzene rings is 1. The molecule has 0 saturated heterocycles. The fourth-order valence-corrected chi connectivity index (χ4v) is 1.76. The molecule has 0 bridgehead atoms. The predicted octanol–water partition coefficient (Wildman–Crippen LogP) is 1.53. The van der Waals surface area contributed by atoms with Gasteiger partial charge in [-0.3, -0.25) is 0 Å². The number of rotatable bonds is 8. The lowest BCUT2D eigenvalue weighted by Crippen LogP contribution is -2.44. The van der Waals surface area contributed by atoms with Gasteiger partial charge in [-0.05, 0) is 31.5 Å². The van der Waals surface area contributed by atoms with E-state index in [1.165, 1.54) is 0 Å². The lowest BCUT2D eigenvalue weighted by atomic mass is 9.93. The van der Waals surface area contributed by atoms with Crippen LogP contribution in [-0.4, -0.2) is 38.6 Å². The summed E-state index contributed by atoms with van der Waals surface area (Å²) < 4.78 is 10.4. The molecule has 102 valence electrons. The lowest BCUT2D eigenvalue weighted by molar-refractivity contribution is 0.148. The first kappa shape index (κ1) is 15.0. The summed E-state index contributed by atoms with van der Waals surface area (Å²) in [5.41, 5.74) is 0.577. The average molecular weight is 253 g/mol. The van der Waals surface area contributed by atoms with Crippen molar-refractivity contribution < 1.29 is 14.6 Å². The van der Waals surface area contributed by atoms with Gasteiger partial charge in [0.1, 0.15) is 5.75 Å². The Morgan fingerprint density at radius 3 is 2.44 bits per heavy atom. The van der Waals surface area contributed by atoms with Crippen LogP contribution in [0.25, 0.3) is 0 Å². The van der Waals surface area contributed by atoms with Crippen LogP contribution in [0.4, 0.5) is 0 Å². The number of hydrogen-bond acceptors (Lipinski definition) is 4. The molecule has 4 nitrogen and oxygen atoms in total. The highest BCUT2D eigenvalue weighted by Gasteiger charge is 2.24. The van der Waals surface area contributed by atoms with Crippen LogP contribution in [0.3, 0.4) is 0 Å². The molecule has 1 unspecified atom stereocenters. The van der Waals surface area contributed by atoms with Crippen molar-refractivity contribution in [3.05, 3.63) is 29.8 Å². The molecule has 0 amide bonds. The SMILES string of the molecule is CCOc1ccc(C(C)(CO)NCCOC)cc1. The molecule has 18 heavy (non-hydrogen) atoms. The van der Waals surface area contributed by atoms with Crippen molar-refractivity contribution in [3.8, 4) is 5.75 Å². The van der Waals surface area contributed by atoms with Crippen LogP contribution in [-0.2, 0) is 10.3 Å². The standard InChI is InChI=1S/C14H23NO3/c1-4-18-13-7-5-12(6-8-13)14(2,11-16)15-9-10-17-3/h5-8,15-16H,4,9-11H2,1-3H3. The van der Waals surface area contributed by atoms with Crippen LogP contribution >= 0.6 is 0 Å². The summed E-state index contributed by atoms with van der Waals surface area (Å²) in [5, 5.41) is 12.9. The normalized spacial score (nSPS) is 14.2. The highest BCUT2D eigenvalue weighted by atomic mass is 16.5. The van der Waals surface area contributed by atoms with Crippen LogP contribution in [0.1, 0.15) is 19.4 Å². The molecule has 0 aromatic heterocycles. The summed E-state index contributed by atoms with van der Waals surface area (Å²) in [4.78, 5) is 0. The highest BCUT2D eigenvalue weighted by molar-refractivity contribution is 5.31. The van der Waals surface area contributed by atoms with E-state index in [1.807, 2.05) is 38.1 Å². The second-order valence-electron chi connectivity index (χ2n) is 4.37. The molecule has 0 spiro atoms. The highest BCUT2D eigenvalue weighted by Crippen LogP contribution is 2.22. The maximum absolute atomic E-state index is 9.58. The summed E-state index contributed by atoms with van der Waals surface area (Å²) in [5.74, 6) is 0.846. The molecule has 0 aliphatic heterocycles. The van der Waals surface area contributed by atoms with Crippen molar-refractivity contribution in [2.24, 2.45) is 0 Å². The smallest absolute Gasteiger partial charge is 0.119 e. The van der Waals surface area contributed by atoms with Crippen LogP contribution in [0.5, 0.6) is 5.75 Å². The van der Waals surface area contributed by atoms with Gasteiger partial charge in [-0.15, -0.1) is 0 Å². The van der Waals surface area contributed by atoms with Gasteiger partial charge >= 0.3 is 0 Å². The Labute approximate surface area is 109 Å². The fraction of sp³-hybridized carbons (Fsp3) is 0.571. The van der Waals surface area contributed by atoms with Crippen molar-refractivity contribution in [1.29, 1.82) is 0 Å². The van der Waals surface area contributed by atoms with Gasteiger partial charge in [0.25, 0.3) is 0 Å². The Hall–Kier alpha value is -1.10. The summed E-state index contributed by atoms with van der Waals surface area (Å²) in [6.07, 6.45) is 0. The molecular formula is C14H23NO3. The number of aliphatic hydroxyl groups is 1. The zero-order chi connectivity index (χ0) is 13.4. The molecule has 1 atom stereocenters. The van der Waals surface area contributed by atoms with Crippen molar-refractivity contribution in [3.63, 3.8) is 0 Å². The minimum Gasteiger partial charge on any atom is -0.494 e. The second-order valence-corrected chi connectivity index (χ2v) is 4.37. The third-order valence-electron chi connectivity index (χ3n) is 2.94. The Bertz CT molecular complexity index is 339. The third-order valence-corrected chi connectivity index (χ3v) is 2.94. The Balaban J connectivity index is 2.73. The van der Waals surface area contributed by atoms with Crippen molar-refractivity contribution in [2.45, 2.75) is 19.4 Å². The van der Waals surface area contributed by atoms with Gasteiger partial charge in [0, 0.05) is 13.7 Å². The molecule has 4 heteroatoms. The van der Waals surface area contributed by atoms with E-state index < -0.39 is 5.54 Å². The maximum atomic E-state index is 9.58. The number of aliphatic hydroxyl groups excluding tert-OH is 1. The lowest BCUT2D eigenvalue weighted by Gasteiger charge is -2.29. The van der Waals surface area contributed by atoms with Gasteiger partial charge in [0.2, 0.25) is 0 Å². The quantitative estimate of drug-likeness (QED) is 0.690. The first-order valence-electron chi connectivity index (χ1n) is 6.24. The van der Waals surface area contributed by atoms with Crippen LogP contribution in [0, 0.1) is 0 Å². The molecule has 0 saturated carbocycles. The van der Waals surface area contributed by atoms with E-state index in [0.717, 1.165) is 11.3 Å². The van der Waals surface area contributed by atoms with E-state index >= 15 is 0 Å². The van der Waals surface area contributed by atoms with E-state index in [0.29, 0.717) is 19.8 Å². The number of ether oxygens (including phenoxy) is 2. The maximum Gasteiger partial charge on any atom is 0.119 e. The van der Waals surface area contributed by atoms with Gasteiger partial charge in [0.05, 0.1) is 25.4 Å². The van der Waals surface area contributed by atoms with Gasteiger partial charge in [-0.1, -0.05) is 12.1 Å². The van der Waals surface area contributed by atoms with Crippen LogP contribution < -0.4 is 10.1 Å². The fourth-order valence-electron chi connectivity index (χ4n) is 1.76. The number of nitrogens with one attached hydrogen (secondary N) is 1. The van der Waals surface area contributed by atoms with Crippen molar-refractivity contribution in [1.82, 2.24) is 5.32 Å². The van der Waals surface area contributed by atoms with Gasteiger partial charge in [-0.25, -0.2) is 0 Å². The average Bonchev–Trinajstić information content (AvgIpc) is 2.40. The monoisotopic (exact) mass is 253 g/mol. The molecular weight excluding hydrogens is 230 g/mol.